The predicted molar refractivity (Wildman–Crippen MR) is 352 cm³/mol. The van der Waals surface area contributed by atoms with Crippen molar-refractivity contribution in [3.05, 3.63) is 35.9 Å². The number of amides is 12. The number of benzene rings is 1. The van der Waals surface area contributed by atoms with Gasteiger partial charge in [0.15, 0.2) is 0 Å². The second-order valence-corrected chi connectivity index (χ2v) is 28.2. The number of piperidine rings is 1. The van der Waals surface area contributed by atoms with Gasteiger partial charge in [-0.1, -0.05) is 123 Å². The molecule has 0 bridgehead atoms. The average Bonchev–Trinajstić information content (AvgIpc) is 1.77. The van der Waals surface area contributed by atoms with Crippen LogP contribution in [0.3, 0.4) is 0 Å². The van der Waals surface area contributed by atoms with E-state index in [-0.39, 0.29) is 50.5 Å². The molecule has 24 heteroatoms. The Hall–Kier alpha value is -7.14. The molecule has 12 amide bonds. The molecule has 3 saturated heterocycles. The van der Waals surface area contributed by atoms with Gasteiger partial charge >= 0.3 is 0 Å². The summed E-state index contributed by atoms with van der Waals surface area (Å²) >= 11 is 0. The monoisotopic (exact) mass is 1300 g/mol. The fraction of sp³-hybridized carbons (Fsp3) is 0.739. The molecular weight excluding hydrogens is 1190 g/mol. The Kier molecular flexibility index (Phi) is 27.6. The molecule has 5 aliphatic rings. The molecular formula is C69H110N12O12. The number of rotatable bonds is 11. The van der Waals surface area contributed by atoms with Gasteiger partial charge < -0.3 is 60.0 Å². The van der Waals surface area contributed by atoms with E-state index in [0.717, 1.165) is 44.1 Å². The summed E-state index contributed by atoms with van der Waals surface area (Å²) in [4.78, 5) is 189. The fourth-order valence-electron chi connectivity index (χ4n) is 14.3. The topological polar surface area (TPSA) is 270 Å². The summed E-state index contributed by atoms with van der Waals surface area (Å²) in [5.74, 6) is -7.91. The maximum absolute atomic E-state index is 15.4. The molecule has 3 heterocycles. The van der Waals surface area contributed by atoms with Gasteiger partial charge in [-0.25, -0.2) is 0 Å². The molecule has 1 aromatic carbocycles. The number of hydrogen-bond acceptors (Lipinski definition) is 12. The number of carbonyl (C=O) groups is 12. The van der Waals surface area contributed by atoms with E-state index in [1.807, 2.05) is 51.1 Å². The molecule has 8 atom stereocenters. The zero-order chi connectivity index (χ0) is 68.6. The molecule has 93 heavy (non-hydrogen) atoms. The molecule has 1 spiro atoms. The van der Waals surface area contributed by atoms with Crippen LogP contribution in [0.25, 0.3) is 0 Å². The first kappa shape index (κ1) is 74.9. The van der Waals surface area contributed by atoms with E-state index >= 15 is 14.4 Å². The fourth-order valence-corrected chi connectivity index (χ4v) is 14.3. The first-order valence-corrected chi connectivity index (χ1v) is 34.4. The lowest BCUT2D eigenvalue weighted by Crippen LogP contribution is -2.65. The van der Waals surface area contributed by atoms with E-state index < -0.39 is 157 Å². The zero-order valence-corrected chi connectivity index (χ0v) is 58.0. The van der Waals surface area contributed by atoms with Gasteiger partial charge in [0.05, 0.1) is 26.1 Å². The Morgan fingerprint density at radius 3 is 1.80 bits per heavy atom. The highest BCUT2D eigenvalue weighted by atomic mass is 16.2. The molecule has 1 aromatic rings. The Labute approximate surface area is 552 Å². The van der Waals surface area contributed by atoms with E-state index in [0.29, 0.717) is 64.5 Å². The molecule has 2 saturated carbocycles. The highest BCUT2D eigenvalue weighted by molar-refractivity contribution is 6.00. The molecule has 3 N–H and O–H groups in total. The summed E-state index contributed by atoms with van der Waals surface area (Å²) in [5.41, 5.74) is -0.577. The smallest absolute Gasteiger partial charge is 0.248 e. The number of likely N-dealkylation sites (tertiary alicyclic amines) is 1. The molecule has 3 aliphatic heterocycles. The highest BCUT2D eigenvalue weighted by Gasteiger charge is 2.50. The maximum atomic E-state index is 15.4. The third-order valence-corrected chi connectivity index (χ3v) is 20.4. The lowest BCUT2D eigenvalue weighted by Gasteiger charge is -2.42. The number of aryl methyl sites for hydroxylation is 1. The third-order valence-electron chi connectivity index (χ3n) is 20.4. The van der Waals surface area contributed by atoms with Crippen molar-refractivity contribution in [2.24, 2.45) is 23.7 Å². The normalized spacial score (nSPS) is 26.7. The summed E-state index contributed by atoms with van der Waals surface area (Å²) in [7, 11) is 10.2. The average molecular weight is 1300 g/mol. The van der Waals surface area contributed by atoms with Crippen molar-refractivity contribution in [3.8, 4) is 0 Å². The molecule has 24 nitrogen and oxygen atoms in total. The van der Waals surface area contributed by atoms with Crippen LogP contribution in [0.4, 0.5) is 0 Å². The van der Waals surface area contributed by atoms with Crippen LogP contribution in [0.2, 0.25) is 0 Å². The third kappa shape index (κ3) is 19.3. The second kappa shape index (κ2) is 34.3. The van der Waals surface area contributed by atoms with Crippen LogP contribution in [0.15, 0.2) is 30.3 Å². The van der Waals surface area contributed by atoms with E-state index in [1.165, 1.54) is 88.5 Å². The Bertz CT molecular complexity index is 2800. The summed E-state index contributed by atoms with van der Waals surface area (Å²) in [6.07, 6.45) is 10.2. The highest BCUT2D eigenvalue weighted by Crippen LogP contribution is 2.35. The van der Waals surface area contributed by atoms with Crippen molar-refractivity contribution in [1.82, 2.24) is 60.0 Å². The van der Waals surface area contributed by atoms with Crippen LogP contribution >= 0.6 is 0 Å². The van der Waals surface area contributed by atoms with Crippen molar-refractivity contribution in [3.63, 3.8) is 0 Å². The predicted octanol–water partition coefficient (Wildman–Crippen LogP) is 3.83. The molecule has 0 aromatic heterocycles. The van der Waals surface area contributed by atoms with Crippen LogP contribution in [-0.4, -0.2) is 251 Å². The molecule has 0 radical (unpaired) electrons. The SMILES string of the molecule is CCC(C)[C@@H]1NC(=O)[C@H](CC(C)C)N(C)C(=O)C[C@@H](C(=O)N2CCCCC2)N(C)C(=O)[C@H](C(C)C)N(C)C(=O)C2(CCCC2)NC(=O)[C@@H]2CCCN2C(=O)[C@H](CCc2ccccc2)NC(=O)CN(C)C(=O)[C@H](CC2CCCCC2)N(C)C(=O)CN(C)C(=O)CN(C)C1=O. The van der Waals surface area contributed by atoms with Crippen molar-refractivity contribution in [2.45, 2.75) is 218 Å². The second-order valence-electron chi connectivity index (χ2n) is 28.2. The van der Waals surface area contributed by atoms with Crippen molar-refractivity contribution >= 4 is 70.9 Å². The van der Waals surface area contributed by atoms with Gasteiger partial charge in [-0.05, 0) is 99.9 Å². The minimum absolute atomic E-state index is 0.0965. The first-order chi connectivity index (χ1) is 44.0. The zero-order valence-electron chi connectivity index (χ0n) is 58.0. The Morgan fingerprint density at radius 2 is 1.18 bits per heavy atom. The molecule has 518 valence electrons. The standard InChI is InChI=1S/C69H110N12O12/c1-14-47(6)59-66(91)75(9)43-57(84)73(7)44-58(85)77(11)53(40-49-29-20-16-21-30-49)64(89)74(8)42-55(82)70-50(33-32-48-27-18-15-19-28-48)63(88)81-38-26-31-51(81)62(87)72-69(34-22-23-35-69)68(93)79(13)60(46(4)5)67(92)78(12)54(65(90)80-36-24-17-25-37-80)41-56(83)76(10)52(39-45(2)3)61(86)71-59/h15,18-19,27-28,45-47,49-54,59-60H,14,16-17,20-26,29-44H2,1-13H3,(H,70,82)(H,71,86)(H,72,87)/t47?,50-,51-,52-,53-,54-,59-,60-/m0/s1. The van der Waals surface area contributed by atoms with Gasteiger partial charge in [0.25, 0.3) is 0 Å². The number of nitrogens with one attached hydrogen (secondary N) is 3. The van der Waals surface area contributed by atoms with Gasteiger partial charge in [0.2, 0.25) is 70.9 Å². The van der Waals surface area contributed by atoms with Gasteiger partial charge in [-0.2, -0.15) is 0 Å². The van der Waals surface area contributed by atoms with Crippen molar-refractivity contribution < 1.29 is 57.5 Å². The minimum atomic E-state index is -1.48. The Balaban J connectivity index is 1.40. The summed E-state index contributed by atoms with van der Waals surface area (Å²) in [5, 5.41) is 8.94. The summed E-state index contributed by atoms with van der Waals surface area (Å²) in [6.45, 7) is 10.5. The quantitative estimate of drug-likeness (QED) is 0.286. The largest absolute Gasteiger partial charge is 0.343 e. The summed E-state index contributed by atoms with van der Waals surface area (Å²) < 4.78 is 0. The number of fused-ring (bicyclic) bond motifs is 1. The summed E-state index contributed by atoms with van der Waals surface area (Å²) in [6, 6.07) is 1.36. The van der Waals surface area contributed by atoms with E-state index in [4.69, 9.17) is 0 Å². The van der Waals surface area contributed by atoms with Gasteiger partial charge in [-0.3, -0.25) is 57.5 Å². The van der Waals surface area contributed by atoms with Gasteiger partial charge in [0, 0.05) is 69.0 Å². The van der Waals surface area contributed by atoms with Crippen LogP contribution in [-0.2, 0) is 64.0 Å². The van der Waals surface area contributed by atoms with Crippen molar-refractivity contribution in [2.75, 3.05) is 88.6 Å². The molecule has 5 fully saturated rings. The number of likely N-dealkylation sites (N-methyl/N-ethyl adjacent to an activating group) is 7. The number of hydrogen-bond donors (Lipinski definition) is 3. The van der Waals surface area contributed by atoms with Crippen LogP contribution in [0, 0.1) is 23.7 Å². The maximum Gasteiger partial charge on any atom is 0.248 e. The lowest BCUT2D eigenvalue weighted by molar-refractivity contribution is -0.156. The minimum Gasteiger partial charge on any atom is -0.343 e. The van der Waals surface area contributed by atoms with Crippen LogP contribution in [0.5, 0.6) is 0 Å². The van der Waals surface area contributed by atoms with E-state index in [9.17, 15) is 43.2 Å². The van der Waals surface area contributed by atoms with Gasteiger partial charge in [0.1, 0.15) is 47.8 Å². The van der Waals surface area contributed by atoms with Crippen molar-refractivity contribution in [1.29, 1.82) is 0 Å². The van der Waals surface area contributed by atoms with E-state index in [1.54, 1.807) is 25.7 Å². The Morgan fingerprint density at radius 1 is 0.581 bits per heavy atom. The first-order valence-electron chi connectivity index (χ1n) is 34.4. The molecule has 6 rings (SSSR count). The number of carbonyl (C=O) groups excluding carboxylic acids is 12. The van der Waals surface area contributed by atoms with Gasteiger partial charge in [-0.15, -0.1) is 0 Å². The van der Waals surface area contributed by atoms with Crippen LogP contribution < -0.4 is 16.0 Å². The molecule has 2 aliphatic carbocycles. The lowest BCUT2D eigenvalue weighted by atomic mass is 9.84. The van der Waals surface area contributed by atoms with E-state index in [2.05, 4.69) is 16.0 Å². The molecule has 1 unspecified atom stereocenters. The van der Waals surface area contributed by atoms with Crippen LogP contribution in [0.1, 0.15) is 169 Å². The number of nitrogens with zero attached hydrogens (tertiary/aromatic N) is 9.